The van der Waals surface area contributed by atoms with Gasteiger partial charge in [0.15, 0.2) is 0 Å². The Kier molecular flexibility index (Phi) is 5.78. The van der Waals surface area contributed by atoms with Crippen LogP contribution in [0.1, 0.15) is 5.56 Å². The van der Waals surface area contributed by atoms with E-state index in [0.717, 1.165) is 0 Å². The third-order valence-corrected chi connectivity index (χ3v) is 4.68. The smallest absolute Gasteiger partial charge is 0.218 e. The monoisotopic (exact) mass is 286 g/mol. The van der Waals surface area contributed by atoms with Crippen LogP contribution < -0.4 is 4.74 Å². The summed E-state index contributed by atoms with van der Waals surface area (Å²) in [6.07, 6.45) is 0. The van der Waals surface area contributed by atoms with Gasteiger partial charge in [-0.25, -0.2) is 12.7 Å². The van der Waals surface area contributed by atoms with Gasteiger partial charge in [0.2, 0.25) is 10.0 Å². The highest BCUT2D eigenvalue weighted by molar-refractivity contribution is 7.88. The topological polar surface area (TPSA) is 49.9 Å². The number of methoxy groups -OCH3 is 1. The van der Waals surface area contributed by atoms with Gasteiger partial charge >= 0.3 is 0 Å². The quantitative estimate of drug-likeness (QED) is 0.751. The number of rotatable bonds is 7. The average molecular weight is 286 g/mol. The lowest BCUT2D eigenvalue weighted by Crippen LogP contribution is -2.34. The SMILES string of the molecule is COc1ccccc1CS(=O)(=O)N(C)CCN(C)C. The van der Waals surface area contributed by atoms with E-state index in [-0.39, 0.29) is 5.75 Å². The molecule has 1 aromatic rings. The van der Waals surface area contributed by atoms with Gasteiger partial charge in [-0.2, -0.15) is 0 Å². The van der Waals surface area contributed by atoms with Crippen LogP contribution in [0.25, 0.3) is 0 Å². The number of nitrogens with zero attached hydrogens (tertiary/aromatic N) is 2. The van der Waals surface area contributed by atoms with Crippen molar-refractivity contribution < 1.29 is 13.2 Å². The van der Waals surface area contributed by atoms with Crippen LogP contribution in [0, 0.1) is 0 Å². The Hall–Kier alpha value is -1.11. The maximum absolute atomic E-state index is 12.2. The molecule has 0 saturated heterocycles. The second-order valence-electron chi connectivity index (χ2n) is 4.69. The van der Waals surface area contributed by atoms with Crippen molar-refractivity contribution in [3.63, 3.8) is 0 Å². The summed E-state index contributed by atoms with van der Waals surface area (Å²) in [4.78, 5) is 1.95. The molecule has 0 atom stereocenters. The lowest BCUT2D eigenvalue weighted by Gasteiger charge is -2.20. The number of hydrogen-bond acceptors (Lipinski definition) is 4. The maximum Gasteiger partial charge on any atom is 0.218 e. The van der Waals surface area contributed by atoms with E-state index in [2.05, 4.69) is 0 Å². The van der Waals surface area contributed by atoms with Crippen LogP contribution in [0.3, 0.4) is 0 Å². The molecule has 108 valence electrons. The molecular weight excluding hydrogens is 264 g/mol. The fraction of sp³-hybridized carbons (Fsp3) is 0.538. The van der Waals surface area contributed by atoms with Gasteiger partial charge in [-0.05, 0) is 20.2 Å². The number of likely N-dealkylation sites (N-methyl/N-ethyl adjacent to an activating group) is 2. The van der Waals surface area contributed by atoms with E-state index in [0.29, 0.717) is 24.4 Å². The van der Waals surface area contributed by atoms with Gasteiger partial charge in [-0.1, -0.05) is 18.2 Å². The fourth-order valence-electron chi connectivity index (χ4n) is 1.61. The molecule has 0 radical (unpaired) electrons. The molecule has 1 rings (SSSR count). The zero-order chi connectivity index (χ0) is 14.5. The molecule has 0 bridgehead atoms. The van der Waals surface area contributed by atoms with Crippen LogP contribution in [0.4, 0.5) is 0 Å². The Morgan fingerprint density at radius 2 is 1.74 bits per heavy atom. The highest BCUT2D eigenvalue weighted by atomic mass is 32.2. The minimum atomic E-state index is -3.31. The number of benzene rings is 1. The first-order chi connectivity index (χ1) is 8.86. The largest absolute Gasteiger partial charge is 0.496 e. The molecule has 0 aliphatic heterocycles. The lowest BCUT2D eigenvalue weighted by molar-refractivity contribution is 0.358. The highest BCUT2D eigenvalue weighted by Crippen LogP contribution is 2.20. The van der Waals surface area contributed by atoms with E-state index in [1.807, 2.05) is 31.1 Å². The molecule has 0 fully saturated rings. The minimum absolute atomic E-state index is 0.0407. The van der Waals surface area contributed by atoms with E-state index in [1.165, 1.54) is 4.31 Å². The van der Waals surface area contributed by atoms with Crippen LogP contribution in [-0.2, 0) is 15.8 Å². The van der Waals surface area contributed by atoms with Crippen molar-refractivity contribution in [1.29, 1.82) is 0 Å². The van der Waals surface area contributed by atoms with E-state index in [1.54, 1.807) is 26.3 Å². The number of ether oxygens (including phenoxy) is 1. The Balaban J connectivity index is 2.78. The summed E-state index contributed by atoms with van der Waals surface area (Å²) in [7, 11) is 3.67. The summed E-state index contributed by atoms with van der Waals surface area (Å²) in [5, 5.41) is 0. The lowest BCUT2D eigenvalue weighted by atomic mass is 10.2. The molecule has 0 saturated carbocycles. The first-order valence-electron chi connectivity index (χ1n) is 6.07. The van der Waals surface area contributed by atoms with Crippen molar-refractivity contribution in [2.75, 3.05) is 41.3 Å². The third kappa shape index (κ3) is 4.81. The van der Waals surface area contributed by atoms with Crippen LogP contribution >= 0.6 is 0 Å². The second-order valence-corrected chi connectivity index (χ2v) is 6.77. The normalized spacial score (nSPS) is 12.1. The van der Waals surface area contributed by atoms with Gasteiger partial charge < -0.3 is 9.64 Å². The molecule has 0 N–H and O–H groups in total. The van der Waals surface area contributed by atoms with Crippen LogP contribution in [-0.4, -0.2) is 59.0 Å². The predicted octanol–water partition coefficient (Wildman–Crippen LogP) is 1.02. The zero-order valence-corrected chi connectivity index (χ0v) is 12.8. The van der Waals surface area contributed by atoms with E-state index in [4.69, 9.17) is 4.74 Å². The van der Waals surface area contributed by atoms with Crippen molar-refractivity contribution in [3.05, 3.63) is 29.8 Å². The molecule has 0 amide bonds. The Bertz CT molecular complexity index is 500. The summed E-state index contributed by atoms with van der Waals surface area (Å²) in [6.45, 7) is 1.17. The average Bonchev–Trinajstić information content (AvgIpc) is 2.36. The molecule has 5 nitrogen and oxygen atoms in total. The Labute approximate surface area is 115 Å². The van der Waals surface area contributed by atoms with Crippen LogP contribution in [0.5, 0.6) is 5.75 Å². The summed E-state index contributed by atoms with van der Waals surface area (Å²) in [5.41, 5.74) is 0.682. The van der Waals surface area contributed by atoms with Crippen molar-refractivity contribution in [2.24, 2.45) is 0 Å². The Morgan fingerprint density at radius 1 is 1.11 bits per heavy atom. The third-order valence-electron chi connectivity index (χ3n) is 2.87. The van der Waals surface area contributed by atoms with Crippen molar-refractivity contribution in [3.8, 4) is 5.75 Å². The molecule has 1 aromatic carbocycles. The molecule has 0 aliphatic carbocycles. The zero-order valence-electron chi connectivity index (χ0n) is 12.0. The Morgan fingerprint density at radius 3 is 2.32 bits per heavy atom. The maximum atomic E-state index is 12.2. The molecule has 0 aliphatic rings. The predicted molar refractivity (Wildman–Crippen MR) is 76.8 cm³/mol. The number of hydrogen-bond donors (Lipinski definition) is 0. The molecule has 19 heavy (non-hydrogen) atoms. The van der Waals surface area contributed by atoms with Gasteiger partial charge in [0, 0.05) is 25.7 Å². The van der Waals surface area contributed by atoms with E-state index >= 15 is 0 Å². The molecule has 0 heterocycles. The van der Waals surface area contributed by atoms with Gasteiger partial charge in [-0.3, -0.25) is 0 Å². The minimum Gasteiger partial charge on any atom is -0.496 e. The summed E-state index contributed by atoms with van der Waals surface area (Å²) in [5.74, 6) is 0.563. The summed E-state index contributed by atoms with van der Waals surface area (Å²) >= 11 is 0. The molecule has 0 unspecified atom stereocenters. The fourth-order valence-corrected chi connectivity index (χ4v) is 2.82. The molecule has 0 aromatic heterocycles. The summed E-state index contributed by atoms with van der Waals surface area (Å²) < 4.78 is 31.0. The molecular formula is C13H22N2O3S. The highest BCUT2D eigenvalue weighted by Gasteiger charge is 2.20. The van der Waals surface area contributed by atoms with Gasteiger partial charge in [0.1, 0.15) is 5.75 Å². The van der Waals surface area contributed by atoms with Crippen molar-refractivity contribution in [1.82, 2.24) is 9.21 Å². The van der Waals surface area contributed by atoms with Crippen molar-refractivity contribution >= 4 is 10.0 Å². The first kappa shape index (κ1) is 15.9. The van der Waals surface area contributed by atoms with Crippen molar-refractivity contribution in [2.45, 2.75) is 5.75 Å². The van der Waals surface area contributed by atoms with Gasteiger partial charge in [0.05, 0.1) is 12.9 Å². The van der Waals surface area contributed by atoms with Gasteiger partial charge in [-0.15, -0.1) is 0 Å². The van der Waals surface area contributed by atoms with Crippen LogP contribution in [0.2, 0.25) is 0 Å². The van der Waals surface area contributed by atoms with E-state index < -0.39 is 10.0 Å². The first-order valence-corrected chi connectivity index (χ1v) is 7.68. The van der Waals surface area contributed by atoms with E-state index in [9.17, 15) is 8.42 Å². The molecule has 6 heteroatoms. The number of sulfonamides is 1. The standard InChI is InChI=1S/C13H22N2O3S/c1-14(2)9-10-15(3)19(16,17)11-12-7-5-6-8-13(12)18-4/h5-8H,9-11H2,1-4H3. The summed E-state index contributed by atoms with van der Waals surface area (Å²) in [6, 6.07) is 7.18. The number of para-hydroxylation sites is 1. The van der Waals surface area contributed by atoms with Gasteiger partial charge in [0.25, 0.3) is 0 Å². The molecule has 0 spiro atoms. The second kappa shape index (κ2) is 6.88. The van der Waals surface area contributed by atoms with Crippen LogP contribution in [0.15, 0.2) is 24.3 Å².